The van der Waals surface area contributed by atoms with Crippen molar-refractivity contribution in [3.8, 4) is 5.75 Å². The van der Waals surface area contributed by atoms with Gasteiger partial charge in [0.05, 0.1) is 0 Å². The van der Waals surface area contributed by atoms with Crippen molar-refractivity contribution in [3.63, 3.8) is 0 Å². The fourth-order valence-corrected chi connectivity index (χ4v) is 1.86. The molecule has 4 heteroatoms. The van der Waals surface area contributed by atoms with Gasteiger partial charge in [0.25, 0.3) is 0 Å². The summed E-state index contributed by atoms with van der Waals surface area (Å²) in [7, 11) is 0. The summed E-state index contributed by atoms with van der Waals surface area (Å²) < 4.78 is 5.70. The minimum Gasteiger partial charge on any atom is -0.492 e. The van der Waals surface area contributed by atoms with Gasteiger partial charge in [-0.1, -0.05) is 13.8 Å². The Hall–Kier alpha value is -1.55. The van der Waals surface area contributed by atoms with E-state index in [9.17, 15) is 0 Å². The molecule has 0 aliphatic heterocycles. The van der Waals surface area contributed by atoms with Gasteiger partial charge in [0.1, 0.15) is 18.2 Å². The number of amidine groups is 1. The van der Waals surface area contributed by atoms with Gasteiger partial charge in [-0.3, -0.25) is 5.41 Å². The molecule has 0 radical (unpaired) electrons. The maximum absolute atomic E-state index is 7.42. The maximum Gasteiger partial charge on any atom is 0.123 e. The Morgan fingerprint density at radius 2 is 2.00 bits per heavy atom. The molecule has 0 spiro atoms. The zero-order chi connectivity index (χ0) is 13.5. The van der Waals surface area contributed by atoms with Crippen LogP contribution in [0.15, 0.2) is 18.2 Å². The standard InChI is InChI=1S/C14H23N3O/c1-4-17(5-2)8-9-18-12-6-7-13(14(15)16)11(3)10-12/h6-7,10H,4-5,8-9H2,1-3H3,(H3,15,16). The van der Waals surface area contributed by atoms with Crippen molar-refractivity contribution in [2.24, 2.45) is 5.73 Å². The molecule has 0 unspecified atom stereocenters. The summed E-state index contributed by atoms with van der Waals surface area (Å²) in [5, 5.41) is 7.42. The quantitative estimate of drug-likeness (QED) is 0.574. The summed E-state index contributed by atoms with van der Waals surface area (Å²) in [6, 6.07) is 5.63. The predicted octanol–water partition coefficient (Wildman–Crippen LogP) is 2.00. The van der Waals surface area contributed by atoms with Crippen molar-refractivity contribution >= 4 is 5.84 Å². The smallest absolute Gasteiger partial charge is 0.123 e. The monoisotopic (exact) mass is 249 g/mol. The van der Waals surface area contributed by atoms with Crippen LogP contribution in [0.5, 0.6) is 5.75 Å². The van der Waals surface area contributed by atoms with E-state index < -0.39 is 0 Å². The van der Waals surface area contributed by atoms with E-state index in [1.807, 2.05) is 25.1 Å². The van der Waals surface area contributed by atoms with Gasteiger partial charge in [-0.2, -0.15) is 0 Å². The average molecular weight is 249 g/mol. The molecule has 1 aromatic rings. The van der Waals surface area contributed by atoms with Crippen LogP contribution in [0.25, 0.3) is 0 Å². The number of aryl methyl sites for hydroxylation is 1. The molecule has 0 aliphatic carbocycles. The van der Waals surface area contributed by atoms with Gasteiger partial charge in [-0.05, 0) is 43.8 Å². The normalized spacial score (nSPS) is 10.7. The summed E-state index contributed by atoms with van der Waals surface area (Å²) in [4.78, 5) is 2.32. The topological polar surface area (TPSA) is 62.3 Å². The number of nitrogens with one attached hydrogen (secondary N) is 1. The van der Waals surface area contributed by atoms with Crippen LogP contribution >= 0.6 is 0 Å². The summed E-state index contributed by atoms with van der Waals surface area (Å²) in [5.74, 6) is 0.937. The van der Waals surface area contributed by atoms with Crippen LogP contribution in [-0.2, 0) is 0 Å². The first-order chi connectivity index (χ1) is 8.58. The zero-order valence-electron chi connectivity index (χ0n) is 11.5. The first kappa shape index (κ1) is 14.5. The van der Waals surface area contributed by atoms with Crippen molar-refractivity contribution in [2.45, 2.75) is 20.8 Å². The molecule has 0 saturated heterocycles. The average Bonchev–Trinajstić information content (AvgIpc) is 2.34. The molecule has 0 saturated carbocycles. The molecule has 1 rings (SSSR count). The Balaban J connectivity index is 2.53. The Kier molecular flexibility index (Phi) is 5.65. The van der Waals surface area contributed by atoms with Gasteiger partial charge >= 0.3 is 0 Å². The third-order valence-corrected chi connectivity index (χ3v) is 3.06. The lowest BCUT2D eigenvalue weighted by Crippen LogP contribution is -2.27. The number of hydrogen-bond donors (Lipinski definition) is 2. The Morgan fingerprint density at radius 3 is 2.50 bits per heavy atom. The number of nitrogen functional groups attached to an aromatic ring is 1. The minimum atomic E-state index is 0.0993. The van der Waals surface area contributed by atoms with Crippen molar-refractivity contribution in [1.29, 1.82) is 5.41 Å². The molecule has 0 amide bonds. The van der Waals surface area contributed by atoms with Gasteiger partial charge in [-0.15, -0.1) is 0 Å². The van der Waals surface area contributed by atoms with Gasteiger partial charge in [-0.25, -0.2) is 0 Å². The number of nitrogens with zero attached hydrogens (tertiary/aromatic N) is 1. The highest BCUT2D eigenvalue weighted by Gasteiger charge is 2.04. The number of rotatable bonds is 7. The number of ether oxygens (including phenoxy) is 1. The first-order valence-electron chi connectivity index (χ1n) is 6.38. The molecule has 0 aromatic heterocycles. The van der Waals surface area contributed by atoms with Crippen LogP contribution in [0, 0.1) is 12.3 Å². The first-order valence-corrected chi connectivity index (χ1v) is 6.38. The van der Waals surface area contributed by atoms with Gasteiger partial charge in [0.2, 0.25) is 0 Å². The molecular formula is C14H23N3O. The molecule has 0 atom stereocenters. The molecule has 1 aromatic carbocycles. The van der Waals surface area contributed by atoms with E-state index in [0.717, 1.165) is 36.5 Å². The second-order valence-electron chi connectivity index (χ2n) is 4.27. The molecule has 0 fully saturated rings. The van der Waals surface area contributed by atoms with Crippen molar-refractivity contribution in [3.05, 3.63) is 29.3 Å². The molecule has 18 heavy (non-hydrogen) atoms. The molecule has 0 bridgehead atoms. The lowest BCUT2D eigenvalue weighted by Gasteiger charge is -2.18. The van der Waals surface area contributed by atoms with Crippen LogP contribution in [0.2, 0.25) is 0 Å². The lowest BCUT2D eigenvalue weighted by atomic mass is 10.1. The second kappa shape index (κ2) is 7.01. The van der Waals surface area contributed by atoms with E-state index in [-0.39, 0.29) is 5.84 Å². The second-order valence-corrected chi connectivity index (χ2v) is 4.27. The number of likely N-dealkylation sites (N-methyl/N-ethyl adjacent to an activating group) is 1. The number of nitrogens with two attached hydrogens (primary N) is 1. The van der Waals surface area contributed by atoms with E-state index in [2.05, 4.69) is 18.7 Å². The summed E-state index contributed by atoms with van der Waals surface area (Å²) in [6.45, 7) is 9.93. The highest BCUT2D eigenvalue weighted by molar-refractivity contribution is 5.96. The maximum atomic E-state index is 7.42. The third-order valence-electron chi connectivity index (χ3n) is 3.06. The Morgan fingerprint density at radius 1 is 1.33 bits per heavy atom. The largest absolute Gasteiger partial charge is 0.492 e. The minimum absolute atomic E-state index is 0.0993. The fourth-order valence-electron chi connectivity index (χ4n) is 1.86. The lowest BCUT2D eigenvalue weighted by molar-refractivity contribution is 0.222. The van der Waals surface area contributed by atoms with E-state index >= 15 is 0 Å². The van der Waals surface area contributed by atoms with Crippen LogP contribution in [0.3, 0.4) is 0 Å². The summed E-state index contributed by atoms with van der Waals surface area (Å²) in [5.41, 5.74) is 7.22. The van der Waals surface area contributed by atoms with Gasteiger partial charge in [0.15, 0.2) is 0 Å². The zero-order valence-corrected chi connectivity index (χ0v) is 11.5. The Labute approximate surface area is 109 Å². The van der Waals surface area contributed by atoms with E-state index in [1.54, 1.807) is 0 Å². The van der Waals surface area contributed by atoms with Crippen molar-refractivity contribution in [1.82, 2.24) is 4.90 Å². The van der Waals surface area contributed by atoms with Crippen LogP contribution < -0.4 is 10.5 Å². The molecule has 0 heterocycles. The molecule has 3 N–H and O–H groups in total. The molecule has 100 valence electrons. The molecule has 0 aliphatic rings. The fraction of sp³-hybridized carbons (Fsp3) is 0.500. The third kappa shape index (κ3) is 4.04. The Bertz CT molecular complexity index is 400. The van der Waals surface area contributed by atoms with Crippen LogP contribution in [0.4, 0.5) is 0 Å². The summed E-state index contributed by atoms with van der Waals surface area (Å²) in [6.07, 6.45) is 0. The highest BCUT2D eigenvalue weighted by atomic mass is 16.5. The SMILES string of the molecule is CCN(CC)CCOc1ccc(C(=N)N)c(C)c1. The van der Waals surface area contributed by atoms with Crippen LogP contribution in [-0.4, -0.2) is 37.0 Å². The number of benzene rings is 1. The summed E-state index contributed by atoms with van der Waals surface area (Å²) >= 11 is 0. The van der Waals surface area contributed by atoms with E-state index in [4.69, 9.17) is 15.9 Å². The molecule has 4 nitrogen and oxygen atoms in total. The number of hydrogen-bond acceptors (Lipinski definition) is 3. The molecular weight excluding hydrogens is 226 g/mol. The van der Waals surface area contributed by atoms with Crippen molar-refractivity contribution < 1.29 is 4.74 Å². The van der Waals surface area contributed by atoms with Gasteiger partial charge < -0.3 is 15.4 Å². The predicted molar refractivity (Wildman–Crippen MR) is 75.5 cm³/mol. The van der Waals surface area contributed by atoms with E-state index in [0.29, 0.717) is 6.61 Å². The van der Waals surface area contributed by atoms with Gasteiger partial charge in [0, 0.05) is 12.1 Å². The van der Waals surface area contributed by atoms with Crippen LogP contribution in [0.1, 0.15) is 25.0 Å². The van der Waals surface area contributed by atoms with E-state index in [1.165, 1.54) is 0 Å². The van der Waals surface area contributed by atoms with Crippen molar-refractivity contribution in [2.75, 3.05) is 26.2 Å². The highest BCUT2D eigenvalue weighted by Crippen LogP contribution is 2.16.